The Morgan fingerprint density at radius 1 is 1.09 bits per heavy atom. The van der Waals surface area contributed by atoms with Crippen molar-refractivity contribution in [1.29, 1.82) is 0 Å². The number of benzene rings is 1. The van der Waals surface area contributed by atoms with Crippen LogP contribution in [0.15, 0.2) is 18.2 Å². The third-order valence-electron chi connectivity index (χ3n) is 6.15. The summed E-state index contributed by atoms with van der Waals surface area (Å²) in [5, 5.41) is 2.05. The van der Waals surface area contributed by atoms with Crippen molar-refractivity contribution in [2.24, 2.45) is 0 Å². The molecule has 32 heavy (non-hydrogen) atoms. The van der Waals surface area contributed by atoms with E-state index >= 15 is 0 Å². The van der Waals surface area contributed by atoms with Crippen LogP contribution in [0.4, 0.5) is 5.82 Å². The van der Waals surface area contributed by atoms with Gasteiger partial charge in [-0.2, -0.15) is 0 Å². The molecule has 1 aliphatic carbocycles. The number of fused-ring (bicyclic) bond motifs is 3. The van der Waals surface area contributed by atoms with E-state index in [4.69, 9.17) is 37.9 Å². The quantitative estimate of drug-likeness (QED) is 0.515. The number of aromatic nitrogens is 2. The predicted octanol–water partition coefficient (Wildman–Crippen LogP) is 4.99. The largest absolute Gasteiger partial charge is 0.377 e. The third kappa shape index (κ3) is 4.07. The first-order valence-corrected chi connectivity index (χ1v) is 12.4. The van der Waals surface area contributed by atoms with Crippen LogP contribution < -0.4 is 4.90 Å². The molecule has 0 saturated carbocycles. The maximum atomic E-state index is 13.0. The van der Waals surface area contributed by atoms with E-state index in [0.717, 1.165) is 36.6 Å². The Bertz CT molecular complexity index is 1170. The summed E-state index contributed by atoms with van der Waals surface area (Å²) in [6, 6.07) is 5.04. The van der Waals surface area contributed by atoms with Gasteiger partial charge in [-0.25, -0.2) is 9.97 Å². The van der Waals surface area contributed by atoms with E-state index in [1.165, 1.54) is 28.7 Å². The van der Waals surface area contributed by atoms with E-state index in [9.17, 15) is 4.79 Å². The Kier molecular flexibility index (Phi) is 6.25. The highest BCUT2D eigenvalue weighted by atomic mass is 35.5. The van der Waals surface area contributed by atoms with Gasteiger partial charge in [0.25, 0.3) is 5.91 Å². The second-order valence-electron chi connectivity index (χ2n) is 8.20. The second-order valence-corrected chi connectivity index (χ2v) is 10.1. The molecule has 0 spiro atoms. The summed E-state index contributed by atoms with van der Waals surface area (Å²) in [4.78, 5) is 29.3. The molecule has 5 rings (SSSR count). The molecule has 0 N–H and O–H groups in total. The highest BCUT2D eigenvalue weighted by Crippen LogP contribution is 2.40. The van der Waals surface area contributed by atoms with Crippen LogP contribution in [0.1, 0.15) is 39.5 Å². The minimum atomic E-state index is -0.0240. The van der Waals surface area contributed by atoms with E-state index in [-0.39, 0.29) is 5.91 Å². The van der Waals surface area contributed by atoms with Crippen LogP contribution in [-0.4, -0.2) is 54.1 Å². The summed E-state index contributed by atoms with van der Waals surface area (Å²) >= 11 is 13.9. The van der Waals surface area contributed by atoms with Crippen molar-refractivity contribution in [3.8, 4) is 0 Å². The number of carbonyl (C=O) groups excluding carboxylic acids is 1. The monoisotopic (exact) mass is 490 g/mol. The van der Waals surface area contributed by atoms with Gasteiger partial charge < -0.3 is 14.5 Å². The molecule has 3 heterocycles. The summed E-state index contributed by atoms with van der Waals surface area (Å²) in [6.45, 7) is 3.07. The van der Waals surface area contributed by atoms with Crippen LogP contribution in [0.3, 0.4) is 0 Å². The predicted molar refractivity (Wildman–Crippen MR) is 129 cm³/mol. The minimum absolute atomic E-state index is 0.0240. The number of hydrogen-bond acceptors (Lipinski definition) is 6. The van der Waals surface area contributed by atoms with Crippen LogP contribution >= 0.6 is 34.5 Å². The van der Waals surface area contributed by atoms with Crippen molar-refractivity contribution in [2.75, 3.05) is 38.2 Å². The first-order valence-electron chi connectivity index (χ1n) is 10.8. The third-order valence-corrected chi connectivity index (χ3v) is 8.07. The zero-order valence-electron chi connectivity index (χ0n) is 17.9. The second kappa shape index (κ2) is 9.14. The molecule has 1 fully saturated rings. The van der Waals surface area contributed by atoms with Crippen LogP contribution in [0.5, 0.6) is 0 Å². The van der Waals surface area contributed by atoms with Crippen molar-refractivity contribution in [1.82, 2.24) is 14.9 Å². The lowest BCUT2D eigenvalue weighted by Crippen LogP contribution is -2.49. The van der Waals surface area contributed by atoms with Crippen molar-refractivity contribution >= 4 is 56.5 Å². The highest BCUT2D eigenvalue weighted by molar-refractivity contribution is 7.19. The molecule has 1 aliphatic heterocycles. The lowest BCUT2D eigenvalue weighted by Gasteiger charge is -2.36. The van der Waals surface area contributed by atoms with Gasteiger partial charge in [-0.1, -0.05) is 23.2 Å². The van der Waals surface area contributed by atoms with Gasteiger partial charge >= 0.3 is 0 Å². The van der Waals surface area contributed by atoms with Crippen molar-refractivity contribution in [3.63, 3.8) is 0 Å². The zero-order chi connectivity index (χ0) is 22.2. The standard InChI is InChI=1S/C23H24Cl2N4O2S/c1-31-13-19-26-21(20-15-4-2-3-5-18(15)32-22(20)27-19)28-8-10-29(11-9-28)23(30)14-6-7-16(24)17(25)12-14/h6-7,12H,2-5,8-11,13H2,1H3. The summed E-state index contributed by atoms with van der Waals surface area (Å²) in [5.41, 5.74) is 1.98. The van der Waals surface area contributed by atoms with E-state index in [0.29, 0.717) is 41.1 Å². The molecule has 0 radical (unpaired) electrons. The lowest BCUT2D eigenvalue weighted by atomic mass is 9.97. The fourth-order valence-corrected chi connectivity index (χ4v) is 6.11. The van der Waals surface area contributed by atoms with Gasteiger partial charge in [-0.15, -0.1) is 11.3 Å². The lowest BCUT2D eigenvalue weighted by molar-refractivity contribution is 0.0746. The summed E-state index contributed by atoms with van der Waals surface area (Å²) < 4.78 is 5.32. The number of nitrogens with zero attached hydrogens (tertiary/aromatic N) is 4. The maximum Gasteiger partial charge on any atom is 0.254 e. The van der Waals surface area contributed by atoms with E-state index in [1.807, 2.05) is 4.90 Å². The number of methoxy groups -OCH3 is 1. The average Bonchev–Trinajstić information content (AvgIpc) is 3.19. The smallest absolute Gasteiger partial charge is 0.254 e. The molecule has 0 bridgehead atoms. The summed E-state index contributed by atoms with van der Waals surface area (Å²) in [6.07, 6.45) is 4.67. The normalized spacial score (nSPS) is 16.5. The highest BCUT2D eigenvalue weighted by Gasteiger charge is 2.28. The van der Waals surface area contributed by atoms with E-state index in [1.54, 1.807) is 36.6 Å². The molecule has 2 aliphatic rings. The summed E-state index contributed by atoms with van der Waals surface area (Å²) in [5.74, 6) is 1.68. The fourth-order valence-electron chi connectivity index (χ4n) is 4.54. The number of ether oxygens (including phenoxy) is 1. The van der Waals surface area contributed by atoms with Crippen molar-refractivity contribution < 1.29 is 9.53 Å². The van der Waals surface area contributed by atoms with Gasteiger partial charge in [0.05, 0.1) is 15.4 Å². The molecular formula is C23H24Cl2N4O2S. The Morgan fingerprint density at radius 2 is 1.88 bits per heavy atom. The SMILES string of the molecule is COCc1nc(N2CCN(C(=O)c3ccc(Cl)c(Cl)c3)CC2)c2c3c(sc2n1)CCCC3. The molecule has 168 valence electrons. The average molecular weight is 491 g/mol. The first-order chi connectivity index (χ1) is 15.5. The van der Waals surface area contributed by atoms with Crippen LogP contribution in [-0.2, 0) is 24.2 Å². The number of amides is 1. The van der Waals surface area contributed by atoms with E-state index in [2.05, 4.69) is 4.90 Å². The zero-order valence-corrected chi connectivity index (χ0v) is 20.2. The molecular weight excluding hydrogens is 467 g/mol. The van der Waals surface area contributed by atoms with Crippen LogP contribution in [0, 0.1) is 0 Å². The number of halogens is 2. The number of piperazine rings is 1. The molecule has 1 aromatic carbocycles. The van der Waals surface area contributed by atoms with Gasteiger partial charge in [0.15, 0.2) is 5.82 Å². The Balaban J connectivity index is 1.41. The molecule has 2 aromatic heterocycles. The first kappa shape index (κ1) is 21.9. The Labute approximate surface area is 201 Å². The molecule has 6 nitrogen and oxygen atoms in total. The molecule has 3 aromatic rings. The molecule has 0 atom stereocenters. The molecule has 0 unspecified atom stereocenters. The number of aryl methyl sites for hydroxylation is 2. The molecule has 1 saturated heterocycles. The molecule has 1 amide bonds. The van der Waals surface area contributed by atoms with Crippen LogP contribution in [0.2, 0.25) is 10.0 Å². The van der Waals surface area contributed by atoms with Gasteiger partial charge in [0, 0.05) is 43.7 Å². The van der Waals surface area contributed by atoms with Crippen molar-refractivity contribution in [2.45, 2.75) is 32.3 Å². The number of thiophene rings is 1. The molecule has 9 heteroatoms. The van der Waals surface area contributed by atoms with Gasteiger partial charge in [0.1, 0.15) is 17.3 Å². The number of anilines is 1. The maximum absolute atomic E-state index is 13.0. The minimum Gasteiger partial charge on any atom is -0.377 e. The van der Waals surface area contributed by atoms with Gasteiger partial charge in [-0.3, -0.25) is 4.79 Å². The Hall–Kier alpha value is -1.93. The number of carbonyl (C=O) groups is 1. The van der Waals surface area contributed by atoms with Gasteiger partial charge in [0.2, 0.25) is 0 Å². The Morgan fingerprint density at radius 3 is 2.62 bits per heavy atom. The van der Waals surface area contributed by atoms with Gasteiger partial charge in [-0.05, 0) is 49.4 Å². The summed E-state index contributed by atoms with van der Waals surface area (Å²) in [7, 11) is 1.67. The number of rotatable bonds is 4. The van der Waals surface area contributed by atoms with Crippen molar-refractivity contribution in [3.05, 3.63) is 50.1 Å². The fraction of sp³-hybridized carbons (Fsp3) is 0.435. The van der Waals surface area contributed by atoms with Crippen LogP contribution in [0.25, 0.3) is 10.2 Å². The van der Waals surface area contributed by atoms with E-state index < -0.39 is 0 Å². The topological polar surface area (TPSA) is 58.6 Å². The number of hydrogen-bond donors (Lipinski definition) is 0.